The number of halogens is 2. The van der Waals surface area contributed by atoms with Crippen LogP contribution in [-0.2, 0) is 0 Å². The van der Waals surface area contributed by atoms with E-state index in [1.54, 1.807) is 0 Å². The molecule has 0 aliphatic rings. The van der Waals surface area contributed by atoms with Gasteiger partial charge in [-0.2, -0.15) is 0 Å². The van der Waals surface area contributed by atoms with Crippen LogP contribution in [0, 0.1) is 0 Å². The minimum Gasteiger partial charge on any atom is -0.455 e. The van der Waals surface area contributed by atoms with Gasteiger partial charge in [-0.1, -0.05) is 29.7 Å². The van der Waals surface area contributed by atoms with Gasteiger partial charge in [0.05, 0.1) is 12.7 Å². The summed E-state index contributed by atoms with van der Waals surface area (Å²) in [5, 5.41) is 0.165. The fourth-order valence-corrected chi connectivity index (χ4v) is 2.17. The highest BCUT2D eigenvalue weighted by molar-refractivity contribution is 9.10. The molecule has 0 saturated carbocycles. The van der Waals surface area contributed by atoms with Crippen molar-refractivity contribution >= 4 is 49.5 Å². The monoisotopic (exact) mass is 286 g/mol. The van der Waals surface area contributed by atoms with Crippen molar-refractivity contribution in [2.24, 2.45) is 0 Å². The molecule has 3 heteroatoms. The predicted molar refractivity (Wildman–Crippen MR) is 66.4 cm³/mol. The van der Waals surface area contributed by atoms with E-state index in [4.69, 9.17) is 24.2 Å². The number of fused-ring (bicyclic) bond motifs is 3. The molecule has 15 heavy (non-hydrogen) atoms. The average molecular weight is 288 g/mol. The van der Waals surface area contributed by atoms with Crippen molar-refractivity contribution in [3.63, 3.8) is 0 Å². The van der Waals surface area contributed by atoms with E-state index in [1.807, 2.05) is 0 Å². The van der Waals surface area contributed by atoms with Gasteiger partial charge in [-0.3, -0.25) is 0 Å². The zero-order valence-electron chi connectivity index (χ0n) is 13.2. The Kier molecular flexibility index (Phi) is 1.06. The molecule has 1 nitrogen and oxygen atoms in total. The third-order valence-electron chi connectivity index (χ3n) is 1.99. The van der Waals surface area contributed by atoms with Crippen LogP contribution in [-0.4, -0.2) is 0 Å². The Balaban J connectivity index is 2.73. The van der Waals surface area contributed by atoms with Crippen molar-refractivity contribution < 1.29 is 12.6 Å². The number of benzene rings is 2. The lowest BCUT2D eigenvalue weighted by Crippen LogP contribution is -1.69. The maximum absolute atomic E-state index is 8.03. The van der Waals surface area contributed by atoms with Crippen molar-refractivity contribution in [2.45, 2.75) is 0 Å². The fourth-order valence-electron chi connectivity index (χ4n) is 1.39. The number of para-hydroxylation sites is 1. The highest BCUT2D eigenvalue weighted by atomic mass is 79.9. The summed E-state index contributed by atoms with van der Waals surface area (Å²) in [5.41, 5.74) is 0.0725. The summed E-state index contributed by atoms with van der Waals surface area (Å²) in [6.45, 7) is 0. The SMILES string of the molecule is [2H]c1c([2H])c([2H])c2c(oc3c(Br)c([2H])c(Cl)c([2H])c32)c1[2H]. The van der Waals surface area contributed by atoms with E-state index in [0.29, 0.717) is 0 Å². The Bertz CT molecular complexity index is 861. The Morgan fingerprint density at radius 3 is 2.87 bits per heavy atom. The Hall–Kier alpha value is -0.990. The summed E-state index contributed by atoms with van der Waals surface area (Å²) in [6.07, 6.45) is 0. The van der Waals surface area contributed by atoms with E-state index in [0.717, 1.165) is 0 Å². The predicted octanol–water partition coefficient (Wildman–Crippen LogP) is 5.00. The second kappa shape index (κ2) is 3.26. The zero-order valence-corrected chi connectivity index (χ0v) is 9.51. The maximum Gasteiger partial charge on any atom is 0.149 e. The summed E-state index contributed by atoms with van der Waals surface area (Å²) in [4.78, 5) is 0. The molecule has 0 spiro atoms. The molecular weight excluding hydrogens is 275 g/mol. The van der Waals surface area contributed by atoms with Gasteiger partial charge in [0.15, 0.2) is 0 Å². The first-order valence-electron chi connectivity index (χ1n) is 7.04. The van der Waals surface area contributed by atoms with Gasteiger partial charge in [0.1, 0.15) is 11.2 Å². The van der Waals surface area contributed by atoms with Crippen LogP contribution in [0.3, 0.4) is 0 Å². The second-order valence-corrected chi connectivity index (χ2v) is 4.06. The van der Waals surface area contributed by atoms with Crippen LogP contribution < -0.4 is 0 Å². The molecule has 0 radical (unpaired) electrons. The highest BCUT2D eigenvalue weighted by Gasteiger charge is 2.09. The summed E-state index contributed by atoms with van der Waals surface area (Å²) < 4.78 is 52.8. The van der Waals surface area contributed by atoms with Crippen LogP contribution in [0.1, 0.15) is 8.22 Å². The molecule has 0 fully saturated rings. The van der Waals surface area contributed by atoms with Crippen LogP contribution in [0.25, 0.3) is 21.9 Å². The topological polar surface area (TPSA) is 13.1 Å². The summed E-state index contributed by atoms with van der Waals surface area (Å²) in [7, 11) is 0. The van der Waals surface area contributed by atoms with E-state index >= 15 is 0 Å². The first-order chi connectivity index (χ1) is 9.77. The van der Waals surface area contributed by atoms with Crippen molar-refractivity contribution in [1.29, 1.82) is 0 Å². The zero-order chi connectivity index (χ0) is 15.6. The molecule has 3 aromatic rings. The lowest BCUT2D eigenvalue weighted by molar-refractivity contribution is 0.667. The molecule has 0 amide bonds. The van der Waals surface area contributed by atoms with Crippen molar-refractivity contribution in [3.8, 4) is 0 Å². The Morgan fingerprint density at radius 2 is 2.00 bits per heavy atom. The molecule has 0 N–H and O–H groups in total. The Morgan fingerprint density at radius 1 is 1.20 bits per heavy atom. The third-order valence-corrected chi connectivity index (χ3v) is 2.74. The third kappa shape index (κ3) is 1.36. The van der Waals surface area contributed by atoms with Gasteiger partial charge >= 0.3 is 0 Å². The molecule has 0 atom stereocenters. The highest BCUT2D eigenvalue weighted by Crippen LogP contribution is 2.35. The first-order valence-corrected chi connectivity index (χ1v) is 5.21. The first kappa shape index (κ1) is 4.89. The van der Waals surface area contributed by atoms with Crippen LogP contribution in [0.5, 0.6) is 0 Å². The van der Waals surface area contributed by atoms with E-state index in [-0.39, 0.29) is 55.6 Å². The van der Waals surface area contributed by atoms with Gasteiger partial charge in [-0.05, 0) is 34.1 Å². The lowest BCUT2D eigenvalue weighted by atomic mass is 10.1. The van der Waals surface area contributed by atoms with Crippen molar-refractivity contribution in [2.75, 3.05) is 0 Å². The molecule has 0 unspecified atom stereocenters. The number of furan rings is 1. The minimum absolute atomic E-state index is 0.0492. The molecular formula is C12H6BrClO. The van der Waals surface area contributed by atoms with Crippen LogP contribution in [0.4, 0.5) is 0 Å². The number of hydrogen-bond donors (Lipinski definition) is 0. The van der Waals surface area contributed by atoms with Crippen LogP contribution in [0.15, 0.2) is 45.1 Å². The Labute approximate surface area is 108 Å². The normalized spacial score (nSPS) is 16.9. The van der Waals surface area contributed by atoms with Crippen LogP contribution in [0.2, 0.25) is 5.02 Å². The number of rotatable bonds is 0. The van der Waals surface area contributed by atoms with E-state index in [1.165, 1.54) is 0 Å². The molecule has 3 rings (SSSR count). The molecule has 2 aromatic carbocycles. The fraction of sp³-hybridized carbons (Fsp3) is 0. The van der Waals surface area contributed by atoms with Gasteiger partial charge in [0, 0.05) is 15.8 Å². The molecule has 0 aliphatic heterocycles. The van der Waals surface area contributed by atoms with Gasteiger partial charge in [0.2, 0.25) is 0 Å². The van der Waals surface area contributed by atoms with Crippen molar-refractivity contribution in [1.82, 2.24) is 0 Å². The van der Waals surface area contributed by atoms with Crippen molar-refractivity contribution in [3.05, 3.63) is 45.7 Å². The molecule has 0 saturated heterocycles. The molecule has 0 aliphatic carbocycles. The molecule has 74 valence electrons. The van der Waals surface area contributed by atoms with Gasteiger partial charge in [-0.15, -0.1) is 0 Å². The second-order valence-electron chi connectivity index (χ2n) is 2.89. The smallest absolute Gasteiger partial charge is 0.149 e. The standard InChI is InChI=1S/C12H6BrClO/c13-10-6-7(14)5-9-8-3-1-2-4-11(8)15-12(9)10/h1-6H/i1D,2D,3D,4D,5D,6D. The largest absolute Gasteiger partial charge is 0.455 e. The van der Waals surface area contributed by atoms with Gasteiger partial charge in [0.25, 0.3) is 0 Å². The molecule has 1 heterocycles. The molecule has 0 bridgehead atoms. The lowest BCUT2D eigenvalue weighted by Gasteiger charge is -1.94. The van der Waals surface area contributed by atoms with Gasteiger partial charge in [-0.25, -0.2) is 0 Å². The quantitative estimate of drug-likeness (QED) is 0.567. The maximum atomic E-state index is 8.03. The summed E-state index contributed by atoms with van der Waals surface area (Å²) >= 11 is 9.11. The van der Waals surface area contributed by atoms with E-state index < -0.39 is 12.1 Å². The summed E-state index contributed by atoms with van der Waals surface area (Å²) in [5.74, 6) is 0. The molecule has 1 aromatic heterocycles. The minimum atomic E-state index is -0.411. The van der Waals surface area contributed by atoms with Gasteiger partial charge < -0.3 is 4.42 Å². The van der Waals surface area contributed by atoms with E-state index in [2.05, 4.69) is 15.9 Å². The number of hydrogen-bond acceptors (Lipinski definition) is 1. The van der Waals surface area contributed by atoms with Crippen LogP contribution >= 0.6 is 27.5 Å². The summed E-state index contributed by atoms with van der Waals surface area (Å²) in [6, 6.07) is -1.74. The average Bonchev–Trinajstić information content (AvgIpc) is 2.87. The van der Waals surface area contributed by atoms with E-state index in [9.17, 15) is 0 Å².